The minimum Gasteiger partial charge on any atom is -0.479 e. The Morgan fingerprint density at radius 3 is 2.65 bits per heavy atom. The van der Waals surface area contributed by atoms with Crippen LogP contribution in [0.15, 0.2) is 15.8 Å². The van der Waals surface area contributed by atoms with Gasteiger partial charge in [-0.3, -0.25) is 18.9 Å². The van der Waals surface area contributed by atoms with Crippen molar-refractivity contribution in [1.82, 2.24) is 9.55 Å². The molecule has 0 amide bonds. The van der Waals surface area contributed by atoms with Gasteiger partial charge in [-0.1, -0.05) is 0 Å². The molecule has 0 radical (unpaired) electrons. The number of aromatic amines is 1. The number of hydrogen-bond donors (Lipinski definition) is 4. The van der Waals surface area contributed by atoms with Crippen molar-refractivity contribution < 1.29 is 29.0 Å². The van der Waals surface area contributed by atoms with Gasteiger partial charge in [0, 0.05) is 17.8 Å². The van der Waals surface area contributed by atoms with Crippen molar-refractivity contribution in [2.24, 2.45) is 0 Å². The highest BCUT2D eigenvalue weighted by atomic mass is 31.2. The third kappa shape index (κ3) is 3.97. The lowest BCUT2D eigenvalue weighted by molar-refractivity contribution is -0.148. The molecular formula is C12H17N2O8P. The van der Waals surface area contributed by atoms with Crippen LogP contribution >= 0.6 is 7.60 Å². The molecule has 128 valence electrons. The minimum atomic E-state index is -4.94. The van der Waals surface area contributed by atoms with E-state index in [9.17, 15) is 18.9 Å². The van der Waals surface area contributed by atoms with Crippen molar-refractivity contribution in [3.05, 3.63) is 32.6 Å². The second kappa shape index (κ2) is 6.40. The van der Waals surface area contributed by atoms with E-state index in [1.165, 1.54) is 10.8 Å². The van der Waals surface area contributed by atoms with E-state index in [1.807, 2.05) is 0 Å². The van der Waals surface area contributed by atoms with Crippen LogP contribution in [0.5, 0.6) is 0 Å². The monoisotopic (exact) mass is 348 g/mol. The highest BCUT2D eigenvalue weighted by Crippen LogP contribution is 2.44. The van der Waals surface area contributed by atoms with Crippen LogP contribution in [0.25, 0.3) is 0 Å². The molecule has 0 saturated heterocycles. The van der Waals surface area contributed by atoms with Crippen LogP contribution in [0.4, 0.5) is 0 Å². The van der Waals surface area contributed by atoms with E-state index in [2.05, 4.69) is 4.98 Å². The molecule has 1 aromatic rings. The average Bonchev–Trinajstić information content (AvgIpc) is 2.87. The molecule has 1 heterocycles. The Morgan fingerprint density at radius 2 is 2.09 bits per heavy atom. The van der Waals surface area contributed by atoms with Crippen LogP contribution in [-0.4, -0.2) is 42.4 Å². The van der Waals surface area contributed by atoms with Gasteiger partial charge >= 0.3 is 19.3 Å². The van der Waals surface area contributed by atoms with Gasteiger partial charge in [-0.15, -0.1) is 0 Å². The van der Waals surface area contributed by atoms with E-state index in [0.29, 0.717) is 18.4 Å². The molecule has 4 N–H and O–H groups in total. The number of carboxylic acid groups (broad SMARTS) is 1. The van der Waals surface area contributed by atoms with Crippen LogP contribution in [0.3, 0.4) is 0 Å². The molecule has 0 aromatic carbocycles. The second-order valence-corrected chi connectivity index (χ2v) is 7.13. The molecule has 3 atom stereocenters. The lowest BCUT2D eigenvalue weighted by Gasteiger charge is -2.20. The van der Waals surface area contributed by atoms with Gasteiger partial charge in [-0.2, -0.15) is 0 Å². The summed E-state index contributed by atoms with van der Waals surface area (Å²) >= 11 is 0. The fourth-order valence-electron chi connectivity index (χ4n) is 2.61. The standard InChI is InChI=1S/C12H17N2O8P/c1-6-5-14(12(18)13-9(6)15)7-2-3-8(4-7)22-11(10(16)17)23(19,20)21/h5,7-8,11H,2-4H2,1H3,(H,16,17)(H,13,15,18)(H2,19,20,21). The molecule has 0 bridgehead atoms. The summed E-state index contributed by atoms with van der Waals surface area (Å²) < 4.78 is 17.5. The number of aryl methyl sites for hydroxylation is 1. The van der Waals surface area contributed by atoms with Crippen LogP contribution in [0, 0.1) is 6.92 Å². The summed E-state index contributed by atoms with van der Waals surface area (Å²) in [4.78, 5) is 54.3. The molecule has 0 aliphatic heterocycles. The maximum Gasteiger partial charge on any atom is 0.365 e. The summed E-state index contributed by atoms with van der Waals surface area (Å²) in [6, 6.07) is -0.339. The van der Waals surface area contributed by atoms with E-state index in [1.54, 1.807) is 6.92 Å². The number of ether oxygens (including phenoxy) is 1. The highest BCUT2D eigenvalue weighted by Gasteiger charge is 2.41. The van der Waals surface area contributed by atoms with Gasteiger partial charge < -0.3 is 19.6 Å². The lowest BCUT2D eigenvalue weighted by atomic mass is 10.2. The Hall–Kier alpha value is -1.74. The number of carboxylic acids is 1. The Kier molecular flexibility index (Phi) is 4.90. The summed E-state index contributed by atoms with van der Waals surface area (Å²) in [5.74, 6) is -3.96. The van der Waals surface area contributed by atoms with Gasteiger partial charge in [0.05, 0.1) is 6.10 Å². The number of nitrogens with zero attached hydrogens (tertiary/aromatic N) is 1. The summed E-state index contributed by atoms with van der Waals surface area (Å²) in [6.07, 6.45) is 1.73. The van der Waals surface area contributed by atoms with Gasteiger partial charge in [0.2, 0.25) is 0 Å². The van der Waals surface area contributed by atoms with Crippen LogP contribution in [0.2, 0.25) is 0 Å². The minimum absolute atomic E-state index is 0.217. The van der Waals surface area contributed by atoms with Crippen molar-refractivity contribution in [3.8, 4) is 0 Å². The van der Waals surface area contributed by atoms with Crippen molar-refractivity contribution in [3.63, 3.8) is 0 Å². The molecule has 0 spiro atoms. The van der Waals surface area contributed by atoms with Crippen LogP contribution in [0.1, 0.15) is 30.9 Å². The summed E-state index contributed by atoms with van der Waals surface area (Å²) in [7, 11) is -4.94. The smallest absolute Gasteiger partial charge is 0.365 e. The number of H-pyrrole nitrogens is 1. The molecule has 1 fully saturated rings. The molecule has 2 rings (SSSR count). The zero-order chi connectivity index (χ0) is 17.4. The van der Waals surface area contributed by atoms with Gasteiger partial charge in [0.1, 0.15) is 0 Å². The third-order valence-corrected chi connectivity index (χ3v) is 4.69. The number of carbonyl (C=O) groups is 1. The van der Waals surface area contributed by atoms with Gasteiger partial charge in [-0.05, 0) is 26.2 Å². The van der Waals surface area contributed by atoms with Crippen molar-refractivity contribution in [2.75, 3.05) is 0 Å². The SMILES string of the molecule is Cc1cn(C2CCC(OC(C(=O)O)P(=O)(O)O)C2)c(=O)[nH]c1=O. The number of aromatic nitrogens is 2. The van der Waals surface area contributed by atoms with Crippen molar-refractivity contribution >= 4 is 13.6 Å². The van der Waals surface area contributed by atoms with E-state index < -0.39 is 36.8 Å². The molecule has 1 aromatic heterocycles. The van der Waals surface area contributed by atoms with Gasteiger partial charge in [0.15, 0.2) is 0 Å². The molecule has 1 aliphatic carbocycles. The molecule has 23 heavy (non-hydrogen) atoms. The number of nitrogens with one attached hydrogen (secondary N) is 1. The van der Waals surface area contributed by atoms with E-state index >= 15 is 0 Å². The second-order valence-electron chi connectivity index (χ2n) is 5.48. The Morgan fingerprint density at radius 1 is 1.43 bits per heavy atom. The fraction of sp³-hybridized carbons (Fsp3) is 0.583. The third-order valence-electron chi connectivity index (χ3n) is 3.73. The molecule has 1 aliphatic rings. The largest absolute Gasteiger partial charge is 0.479 e. The van der Waals surface area contributed by atoms with Crippen molar-refractivity contribution in [1.29, 1.82) is 0 Å². The first-order valence-electron chi connectivity index (χ1n) is 6.85. The summed E-state index contributed by atoms with van der Waals surface area (Å²) in [5, 5.41) is 8.85. The molecule has 3 unspecified atom stereocenters. The van der Waals surface area contributed by atoms with Crippen LogP contribution < -0.4 is 11.2 Å². The summed E-state index contributed by atoms with van der Waals surface area (Å²) in [5.41, 5.74) is -0.715. The number of rotatable bonds is 5. The van der Waals surface area contributed by atoms with Crippen LogP contribution in [-0.2, 0) is 14.1 Å². The number of hydrogen-bond acceptors (Lipinski definition) is 5. The van der Waals surface area contributed by atoms with Gasteiger partial charge in [-0.25, -0.2) is 9.59 Å². The topological polar surface area (TPSA) is 159 Å². The molecule has 10 nitrogen and oxygen atoms in total. The maximum absolute atomic E-state index is 11.8. The zero-order valence-electron chi connectivity index (χ0n) is 12.2. The Balaban J connectivity index is 2.14. The summed E-state index contributed by atoms with van der Waals surface area (Å²) in [6.45, 7) is 1.55. The lowest BCUT2D eigenvalue weighted by Crippen LogP contribution is -2.33. The van der Waals surface area contributed by atoms with Crippen molar-refractivity contribution in [2.45, 2.75) is 44.2 Å². The molecule has 11 heteroatoms. The quantitative estimate of drug-likeness (QED) is 0.520. The van der Waals surface area contributed by atoms with E-state index in [4.69, 9.17) is 19.6 Å². The Bertz CT molecular complexity index is 763. The van der Waals surface area contributed by atoms with E-state index in [0.717, 1.165) is 0 Å². The number of aliphatic carboxylic acids is 1. The molecule has 1 saturated carbocycles. The van der Waals surface area contributed by atoms with Gasteiger partial charge in [0.25, 0.3) is 11.4 Å². The predicted octanol–water partition coefficient (Wildman–Crippen LogP) is -0.456. The zero-order valence-corrected chi connectivity index (χ0v) is 13.1. The first kappa shape index (κ1) is 17.6. The first-order chi connectivity index (χ1) is 10.6. The van der Waals surface area contributed by atoms with E-state index in [-0.39, 0.29) is 12.5 Å². The molecular weight excluding hydrogens is 331 g/mol. The maximum atomic E-state index is 11.8. The first-order valence-corrected chi connectivity index (χ1v) is 8.53. The Labute approximate surface area is 129 Å². The average molecular weight is 348 g/mol. The predicted molar refractivity (Wildman–Crippen MR) is 77.3 cm³/mol. The normalized spacial score (nSPS) is 22.9. The fourth-order valence-corrected chi connectivity index (χ4v) is 3.23. The highest BCUT2D eigenvalue weighted by molar-refractivity contribution is 7.53.